The third kappa shape index (κ3) is 4.58. The molecule has 0 unspecified atom stereocenters. The summed E-state index contributed by atoms with van der Waals surface area (Å²) in [6.07, 6.45) is 7.56. The fourth-order valence-electron chi connectivity index (χ4n) is 3.55. The minimum atomic E-state index is -0.130. The molecule has 0 atom stereocenters. The predicted molar refractivity (Wildman–Crippen MR) is 104 cm³/mol. The molecule has 2 aliphatic rings. The summed E-state index contributed by atoms with van der Waals surface area (Å²) in [5.74, 6) is 1.64. The molecule has 0 aliphatic heterocycles. The second kappa shape index (κ2) is 8.31. The predicted octanol–water partition coefficient (Wildman–Crippen LogP) is 3.73. The molecule has 2 fully saturated rings. The van der Waals surface area contributed by atoms with Crippen LogP contribution in [0.15, 0.2) is 29.3 Å². The molecule has 3 rings (SSSR count). The molecule has 23 heavy (non-hydrogen) atoms. The van der Waals surface area contributed by atoms with E-state index in [1.165, 1.54) is 38.2 Å². The van der Waals surface area contributed by atoms with E-state index in [4.69, 9.17) is 0 Å². The summed E-state index contributed by atoms with van der Waals surface area (Å²) in [7, 11) is 1.79. The topological polar surface area (TPSA) is 36.4 Å². The molecule has 0 radical (unpaired) electrons. The monoisotopic (exact) mass is 431 g/mol. The smallest absolute Gasteiger partial charge is 0.191 e. The molecule has 2 N–H and O–H groups in total. The Kier molecular flexibility index (Phi) is 6.68. The van der Waals surface area contributed by atoms with Crippen molar-refractivity contribution in [1.29, 1.82) is 0 Å². The maximum absolute atomic E-state index is 13.6. The number of halogens is 2. The fourth-order valence-corrected chi connectivity index (χ4v) is 3.55. The number of hydrogen-bond acceptors (Lipinski definition) is 1. The second-order valence-corrected chi connectivity index (χ2v) is 6.68. The van der Waals surface area contributed by atoms with E-state index in [9.17, 15) is 4.39 Å². The first-order valence-electron chi connectivity index (χ1n) is 8.41. The van der Waals surface area contributed by atoms with Crippen molar-refractivity contribution in [3.63, 3.8) is 0 Å². The zero-order valence-corrected chi connectivity index (χ0v) is 16.1. The molecular weight excluding hydrogens is 404 g/mol. The van der Waals surface area contributed by atoms with Crippen LogP contribution in [0.5, 0.6) is 0 Å². The van der Waals surface area contributed by atoms with E-state index < -0.39 is 0 Å². The van der Waals surface area contributed by atoms with Gasteiger partial charge >= 0.3 is 0 Å². The quantitative estimate of drug-likeness (QED) is 0.409. The summed E-state index contributed by atoms with van der Waals surface area (Å²) >= 11 is 0. The first kappa shape index (κ1) is 18.5. The van der Waals surface area contributed by atoms with Gasteiger partial charge in [0, 0.05) is 20.1 Å². The molecule has 0 bridgehead atoms. The number of guanidine groups is 1. The van der Waals surface area contributed by atoms with Gasteiger partial charge in [0.1, 0.15) is 5.82 Å². The number of nitrogens with one attached hydrogen (secondary N) is 2. The highest BCUT2D eigenvalue weighted by atomic mass is 127. The standard InChI is InChI=1S/C18H26FN3.HI/c1-20-17(21-12-9-14-5-2-3-6-16(14)19)22-13-18(10-4-11-18)15-7-8-15;/h2-3,5-6,15H,4,7-13H2,1H3,(H2,20,21,22);1H. The van der Waals surface area contributed by atoms with Crippen molar-refractivity contribution >= 4 is 29.9 Å². The first-order chi connectivity index (χ1) is 10.7. The summed E-state index contributed by atoms with van der Waals surface area (Å²) in [5, 5.41) is 6.78. The van der Waals surface area contributed by atoms with Gasteiger partial charge < -0.3 is 10.6 Å². The average Bonchev–Trinajstić information content (AvgIpc) is 3.31. The van der Waals surface area contributed by atoms with Gasteiger partial charge in [-0.15, -0.1) is 24.0 Å². The van der Waals surface area contributed by atoms with Crippen molar-refractivity contribution in [2.75, 3.05) is 20.1 Å². The summed E-state index contributed by atoms with van der Waals surface area (Å²) in [4.78, 5) is 4.28. The van der Waals surface area contributed by atoms with Gasteiger partial charge in [0.25, 0.3) is 0 Å². The van der Waals surface area contributed by atoms with Crippen LogP contribution in [0.25, 0.3) is 0 Å². The third-order valence-electron chi connectivity index (χ3n) is 5.27. The Morgan fingerprint density at radius 1 is 1.26 bits per heavy atom. The van der Waals surface area contributed by atoms with Gasteiger partial charge in [-0.3, -0.25) is 4.99 Å². The molecule has 3 nitrogen and oxygen atoms in total. The first-order valence-corrected chi connectivity index (χ1v) is 8.41. The second-order valence-electron chi connectivity index (χ2n) is 6.68. The van der Waals surface area contributed by atoms with E-state index in [2.05, 4.69) is 15.6 Å². The summed E-state index contributed by atoms with van der Waals surface area (Å²) in [5.41, 5.74) is 1.28. The van der Waals surface area contributed by atoms with Gasteiger partial charge in [-0.05, 0) is 55.1 Å². The summed E-state index contributed by atoms with van der Waals surface area (Å²) in [6, 6.07) is 6.95. The number of rotatable bonds is 6. The minimum absolute atomic E-state index is 0. The van der Waals surface area contributed by atoms with E-state index in [-0.39, 0.29) is 29.8 Å². The fraction of sp³-hybridized carbons (Fsp3) is 0.611. The van der Waals surface area contributed by atoms with Crippen molar-refractivity contribution in [3.05, 3.63) is 35.6 Å². The Morgan fingerprint density at radius 3 is 2.57 bits per heavy atom. The van der Waals surface area contributed by atoms with Crippen LogP contribution in [-0.2, 0) is 6.42 Å². The molecule has 0 spiro atoms. The molecule has 1 aromatic rings. The number of benzene rings is 1. The van der Waals surface area contributed by atoms with Gasteiger partial charge in [-0.1, -0.05) is 24.6 Å². The van der Waals surface area contributed by atoms with Crippen LogP contribution in [0.1, 0.15) is 37.7 Å². The molecule has 5 heteroatoms. The lowest BCUT2D eigenvalue weighted by Crippen LogP contribution is -2.47. The van der Waals surface area contributed by atoms with E-state index in [1.807, 2.05) is 12.1 Å². The Hall–Kier alpha value is -0.850. The van der Waals surface area contributed by atoms with Crippen LogP contribution in [-0.4, -0.2) is 26.1 Å². The Balaban J connectivity index is 0.00000192. The van der Waals surface area contributed by atoms with Gasteiger partial charge in [0.15, 0.2) is 5.96 Å². The van der Waals surface area contributed by atoms with E-state index in [0.29, 0.717) is 18.4 Å². The zero-order valence-electron chi connectivity index (χ0n) is 13.8. The Bertz CT molecular complexity index is 539. The lowest BCUT2D eigenvalue weighted by molar-refractivity contribution is 0.106. The lowest BCUT2D eigenvalue weighted by Gasteiger charge is -2.43. The highest BCUT2D eigenvalue weighted by molar-refractivity contribution is 14.0. The molecular formula is C18H27FIN3. The minimum Gasteiger partial charge on any atom is -0.356 e. The number of nitrogens with zero attached hydrogens (tertiary/aromatic N) is 1. The van der Waals surface area contributed by atoms with E-state index >= 15 is 0 Å². The Morgan fingerprint density at radius 2 is 2.00 bits per heavy atom. The SMILES string of the molecule is CN=C(NCCc1ccccc1F)NCC1(C2CC2)CCC1.I. The normalized spacial score (nSPS) is 19.5. The van der Waals surface area contributed by atoms with Crippen molar-refractivity contribution in [2.45, 2.75) is 38.5 Å². The number of hydrogen-bond donors (Lipinski definition) is 2. The highest BCUT2D eigenvalue weighted by Crippen LogP contribution is 2.56. The molecule has 0 heterocycles. The summed E-state index contributed by atoms with van der Waals surface area (Å²) < 4.78 is 13.6. The van der Waals surface area contributed by atoms with Crippen molar-refractivity contribution in [3.8, 4) is 0 Å². The Labute approximate surface area is 155 Å². The third-order valence-corrected chi connectivity index (χ3v) is 5.27. The molecule has 2 aliphatic carbocycles. The van der Waals surface area contributed by atoms with Gasteiger partial charge in [-0.25, -0.2) is 4.39 Å². The lowest BCUT2D eigenvalue weighted by atomic mass is 9.65. The van der Waals surface area contributed by atoms with Gasteiger partial charge in [0.05, 0.1) is 0 Å². The van der Waals surface area contributed by atoms with Crippen LogP contribution in [0, 0.1) is 17.2 Å². The van der Waals surface area contributed by atoms with E-state index in [1.54, 1.807) is 13.1 Å². The largest absolute Gasteiger partial charge is 0.356 e. The van der Waals surface area contributed by atoms with E-state index in [0.717, 1.165) is 24.0 Å². The van der Waals surface area contributed by atoms with Crippen LogP contribution < -0.4 is 10.6 Å². The number of aliphatic imine (C=N–C) groups is 1. The highest BCUT2D eigenvalue weighted by Gasteiger charge is 2.48. The summed E-state index contributed by atoms with van der Waals surface area (Å²) in [6.45, 7) is 1.72. The average molecular weight is 431 g/mol. The molecule has 2 saturated carbocycles. The van der Waals surface area contributed by atoms with Crippen LogP contribution >= 0.6 is 24.0 Å². The van der Waals surface area contributed by atoms with Crippen LogP contribution in [0.4, 0.5) is 4.39 Å². The van der Waals surface area contributed by atoms with Gasteiger partial charge in [0.2, 0.25) is 0 Å². The van der Waals surface area contributed by atoms with Crippen molar-refractivity contribution < 1.29 is 4.39 Å². The zero-order chi connectivity index (χ0) is 15.4. The molecule has 0 amide bonds. The maximum atomic E-state index is 13.6. The van der Waals surface area contributed by atoms with Gasteiger partial charge in [-0.2, -0.15) is 0 Å². The molecule has 128 valence electrons. The van der Waals surface area contributed by atoms with Crippen LogP contribution in [0.2, 0.25) is 0 Å². The van der Waals surface area contributed by atoms with Crippen molar-refractivity contribution in [1.82, 2.24) is 10.6 Å². The molecule has 1 aromatic carbocycles. The van der Waals surface area contributed by atoms with Crippen molar-refractivity contribution in [2.24, 2.45) is 16.3 Å². The molecule has 0 saturated heterocycles. The van der Waals surface area contributed by atoms with Crippen LogP contribution in [0.3, 0.4) is 0 Å². The maximum Gasteiger partial charge on any atom is 0.191 e. The molecule has 0 aromatic heterocycles.